The van der Waals surface area contributed by atoms with Gasteiger partial charge in [0.2, 0.25) is 5.91 Å². The van der Waals surface area contributed by atoms with Gasteiger partial charge in [0.15, 0.2) is 0 Å². The number of rotatable bonds is 26. The molecule has 0 rings (SSSR count). The van der Waals surface area contributed by atoms with Gasteiger partial charge in [-0.05, 0) is 12.8 Å². The van der Waals surface area contributed by atoms with Crippen molar-refractivity contribution < 1.29 is 24.2 Å². The van der Waals surface area contributed by atoms with Gasteiger partial charge in [-0.15, -0.1) is 0 Å². The molecule has 0 spiro atoms. The van der Waals surface area contributed by atoms with Gasteiger partial charge in [0, 0.05) is 19.5 Å². The Labute approximate surface area is 215 Å². The molecule has 0 saturated carbocycles. The molecule has 0 heterocycles. The van der Waals surface area contributed by atoms with Crippen LogP contribution >= 0.6 is 0 Å². The first kappa shape index (κ1) is 33.4. The van der Waals surface area contributed by atoms with Crippen LogP contribution in [0.25, 0.3) is 0 Å². The second kappa shape index (κ2) is 25.5. The zero-order valence-electron chi connectivity index (χ0n) is 23.0. The number of hydrogen-bond donors (Lipinski definition) is 1. The number of nitrogens with zero attached hydrogens (tertiary/aromatic N) is 1. The van der Waals surface area contributed by atoms with Gasteiger partial charge in [0.25, 0.3) is 0 Å². The van der Waals surface area contributed by atoms with Crippen molar-refractivity contribution in [1.29, 1.82) is 0 Å². The molecule has 0 aromatic heterocycles. The van der Waals surface area contributed by atoms with Crippen LogP contribution in [0.4, 0.5) is 0 Å². The van der Waals surface area contributed by atoms with Gasteiger partial charge >= 0.3 is 11.9 Å². The van der Waals surface area contributed by atoms with Gasteiger partial charge in [0.1, 0.15) is 0 Å². The summed E-state index contributed by atoms with van der Waals surface area (Å²) in [5.41, 5.74) is 0. The van der Waals surface area contributed by atoms with E-state index >= 15 is 0 Å². The number of esters is 1. The Balaban J connectivity index is 3.85. The molecule has 35 heavy (non-hydrogen) atoms. The van der Waals surface area contributed by atoms with Gasteiger partial charge in [-0.3, -0.25) is 14.4 Å². The molecule has 0 aliphatic rings. The Kier molecular flexibility index (Phi) is 24.3. The van der Waals surface area contributed by atoms with Crippen molar-refractivity contribution in [1.82, 2.24) is 4.90 Å². The van der Waals surface area contributed by atoms with Crippen LogP contribution in [0, 0.1) is 0 Å². The molecular weight excluding hydrogens is 442 g/mol. The summed E-state index contributed by atoms with van der Waals surface area (Å²) in [5, 5.41) is 8.86. The number of carbonyl (C=O) groups excluding carboxylic acids is 2. The first-order valence-corrected chi connectivity index (χ1v) is 14.7. The number of carboxylic acid groups (broad SMARTS) is 1. The normalized spacial score (nSPS) is 10.9. The third kappa shape index (κ3) is 23.9. The number of carboxylic acids is 1. The highest BCUT2D eigenvalue weighted by atomic mass is 16.5. The standard InChI is InChI=1S/C29H55NO5/c1-3-5-7-8-9-10-11-12-13-14-15-16-17-18-19-20-24-30(27(31)21-22-28(32)33)25-23-29(34)35-26-6-4-2/h3-26H2,1-2H3,(H,32,33). The lowest BCUT2D eigenvalue weighted by Gasteiger charge is -2.22. The highest BCUT2D eigenvalue weighted by Gasteiger charge is 2.16. The third-order valence-corrected chi connectivity index (χ3v) is 6.53. The fraction of sp³-hybridized carbons (Fsp3) is 0.897. The van der Waals surface area contributed by atoms with Gasteiger partial charge in [-0.25, -0.2) is 0 Å². The zero-order valence-corrected chi connectivity index (χ0v) is 23.0. The first-order chi connectivity index (χ1) is 17.0. The first-order valence-electron chi connectivity index (χ1n) is 14.7. The largest absolute Gasteiger partial charge is 0.481 e. The smallest absolute Gasteiger partial charge is 0.307 e. The second-order valence-corrected chi connectivity index (χ2v) is 9.90. The molecule has 0 fully saturated rings. The lowest BCUT2D eigenvalue weighted by Crippen LogP contribution is -2.34. The maximum atomic E-state index is 12.4. The summed E-state index contributed by atoms with van der Waals surface area (Å²) in [6.07, 6.45) is 22.5. The van der Waals surface area contributed by atoms with Crippen LogP contribution in [0.15, 0.2) is 0 Å². The average molecular weight is 498 g/mol. The molecular formula is C29H55NO5. The molecule has 1 N–H and O–H groups in total. The molecule has 0 aromatic rings. The number of unbranched alkanes of at least 4 members (excludes halogenated alkanes) is 16. The van der Waals surface area contributed by atoms with E-state index in [0.717, 1.165) is 32.1 Å². The highest BCUT2D eigenvalue weighted by molar-refractivity contribution is 5.81. The van der Waals surface area contributed by atoms with E-state index in [-0.39, 0.29) is 31.1 Å². The quantitative estimate of drug-likeness (QED) is 0.0978. The van der Waals surface area contributed by atoms with E-state index in [4.69, 9.17) is 9.84 Å². The fourth-order valence-electron chi connectivity index (χ4n) is 4.21. The van der Waals surface area contributed by atoms with E-state index in [1.165, 1.54) is 83.5 Å². The molecule has 6 heteroatoms. The van der Waals surface area contributed by atoms with Gasteiger partial charge in [0.05, 0.1) is 19.4 Å². The predicted octanol–water partition coefficient (Wildman–Crippen LogP) is 7.67. The summed E-state index contributed by atoms with van der Waals surface area (Å²) in [6.45, 7) is 5.61. The Hall–Kier alpha value is -1.59. The Bertz CT molecular complexity index is 523. The summed E-state index contributed by atoms with van der Waals surface area (Å²) in [7, 11) is 0. The van der Waals surface area contributed by atoms with Crippen LogP contribution < -0.4 is 0 Å². The van der Waals surface area contributed by atoms with Crippen molar-refractivity contribution in [2.75, 3.05) is 19.7 Å². The molecule has 206 valence electrons. The maximum absolute atomic E-state index is 12.4. The summed E-state index contributed by atoms with van der Waals surface area (Å²) in [6, 6.07) is 0. The molecule has 0 saturated heterocycles. The van der Waals surface area contributed by atoms with Gasteiger partial charge in [-0.1, -0.05) is 117 Å². The minimum atomic E-state index is -0.973. The molecule has 1 amide bonds. The van der Waals surface area contributed by atoms with Crippen LogP contribution in [-0.4, -0.2) is 47.5 Å². The minimum Gasteiger partial charge on any atom is -0.481 e. The fourth-order valence-corrected chi connectivity index (χ4v) is 4.21. The topological polar surface area (TPSA) is 83.9 Å². The maximum Gasteiger partial charge on any atom is 0.307 e. The van der Waals surface area contributed by atoms with Crippen molar-refractivity contribution in [3.8, 4) is 0 Å². The number of aliphatic carboxylic acids is 1. The molecule has 6 nitrogen and oxygen atoms in total. The van der Waals surface area contributed by atoms with Crippen LogP contribution in [0.1, 0.15) is 149 Å². The lowest BCUT2D eigenvalue weighted by atomic mass is 10.0. The monoisotopic (exact) mass is 497 g/mol. The summed E-state index contributed by atoms with van der Waals surface area (Å²) >= 11 is 0. The van der Waals surface area contributed by atoms with Crippen molar-refractivity contribution in [3.63, 3.8) is 0 Å². The molecule has 0 aliphatic heterocycles. The summed E-state index contributed by atoms with van der Waals surface area (Å²) in [5.74, 6) is -1.45. The molecule has 0 aromatic carbocycles. The Morgan fingerprint density at radius 3 is 1.49 bits per heavy atom. The molecule has 0 bridgehead atoms. The minimum absolute atomic E-state index is 0.0148. The number of amides is 1. The van der Waals surface area contributed by atoms with Crippen LogP contribution in [-0.2, 0) is 19.1 Å². The Morgan fingerprint density at radius 2 is 1.03 bits per heavy atom. The van der Waals surface area contributed by atoms with E-state index in [9.17, 15) is 14.4 Å². The molecule has 0 unspecified atom stereocenters. The van der Waals surface area contributed by atoms with Crippen molar-refractivity contribution in [2.24, 2.45) is 0 Å². The Morgan fingerprint density at radius 1 is 0.571 bits per heavy atom. The number of ether oxygens (including phenoxy) is 1. The average Bonchev–Trinajstić information content (AvgIpc) is 2.84. The zero-order chi connectivity index (χ0) is 26.0. The lowest BCUT2D eigenvalue weighted by molar-refractivity contribution is -0.145. The van der Waals surface area contributed by atoms with Crippen LogP contribution in [0.5, 0.6) is 0 Å². The van der Waals surface area contributed by atoms with E-state index in [1.807, 2.05) is 6.92 Å². The van der Waals surface area contributed by atoms with Crippen LogP contribution in [0.3, 0.4) is 0 Å². The molecule has 0 atom stereocenters. The van der Waals surface area contributed by atoms with E-state index < -0.39 is 5.97 Å². The molecule has 0 radical (unpaired) electrons. The van der Waals surface area contributed by atoms with E-state index in [2.05, 4.69) is 6.92 Å². The SMILES string of the molecule is CCCCCCCCCCCCCCCCCCN(CCC(=O)OCCCC)C(=O)CCC(=O)O. The third-order valence-electron chi connectivity index (χ3n) is 6.53. The van der Waals surface area contributed by atoms with Gasteiger partial charge < -0.3 is 14.7 Å². The summed E-state index contributed by atoms with van der Waals surface area (Å²) in [4.78, 5) is 36.8. The number of carbonyl (C=O) groups is 3. The number of hydrogen-bond acceptors (Lipinski definition) is 4. The van der Waals surface area contributed by atoms with Crippen LogP contribution in [0.2, 0.25) is 0 Å². The summed E-state index contributed by atoms with van der Waals surface area (Å²) < 4.78 is 5.17. The second-order valence-electron chi connectivity index (χ2n) is 9.90. The van der Waals surface area contributed by atoms with E-state index in [1.54, 1.807) is 4.90 Å². The van der Waals surface area contributed by atoms with Crippen molar-refractivity contribution in [2.45, 2.75) is 149 Å². The van der Waals surface area contributed by atoms with Gasteiger partial charge in [-0.2, -0.15) is 0 Å². The van der Waals surface area contributed by atoms with E-state index in [0.29, 0.717) is 19.7 Å². The van der Waals surface area contributed by atoms with Crippen molar-refractivity contribution >= 4 is 17.8 Å². The highest BCUT2D eigenvalue weighted by Crippen LogP contribution is 2.14. The molecule has 0 aliphatic carbocycles. The predicted molar refractivity (Wildman–Crippen MR) is 143 cm³/mol. The van der Waals surface area contributed by atoms with Crippen molar-refractivity contribution in [3.05, 3.63) is 0 Å².